The first-order chi connectivity index (χ1) is 20.7. The van der Waals surface area contributed by atoms with E-state index in [1.165, 1.54) is 36.2 Å². The molecule has 218 valence electrons. The van der Waals surface area contributed by atoms with Crippen LogP contribution in [0.2, 0.25) is 5.02 Å². The van der Waals surface area contributed by atoms with Gasteiger partial charge < -0.3 is 10.1 Å². The van der Waals surface area contributed by atoms with Crippen molar-refractivity contribution in [3.63, 3.8) is 0 Å². The molecular formula is C31H26ClFN6O4. The predicted octanol–water partition coefficient (Wildman–Crippen LogP) is 6.16. The molecule has 4 aromatic rings. The Bertz CT molecular complexity index is 1840. The number of methoxy groups -OCH3 is 1. The lowest BCUT2D eigenvalue weighted by molar-refractivity contribution is -0.119. The van der Waals surface area contributed by atoms with E-state index in [0.29, 0.717) is 47.5 Å². The first kappa shape index (κ1) is 29.4. The summed E-state index contributed by atoms with van der Waals surface area (Å²) in [6.45, 7) is 1.81. The zero-order valence-corrected chi connectivity index (χ0v) is 24.0. The maximum Gasteiger partial charge on any atom is 0.411 e. The average molecular weight is 601 g/mol. The number of halogens is 2. The van der Waals surface area contributed by atoms with Crippen molar-refractivity contribution in [3.05, 3.63) is 93.4 Å². The molecule has 1 aliphatic heterocycles. The third-order valence-corrected chi connectivity index (χ3v) is 7.62. The highest BCUT2D eigenvalue weighted by molar-refractivity contribution is 6.31. The minimum atomic E-state index is -0.809. The Hall–Kier alpha value is -5.08. The molecule has 2 aromatic carbocycles. The molecule has 2 bridgehead atoms. The number of hydrogen-bond donors (Lipinski definition) is 2. The Morgan fingerprint density at radius 1 is 1.16 bits per heavy atom. The lowest BCUT2D eigenvalue weighted by Crippen LogP contribution is -2.29. The molecule has 43 heavy (non-hydrogen) atoms. The molecule has 0 saturated heterocycles. The normalized spacial score (nSPS) is 16.5. The zero-order chi connectivity index (χ0) is 30.7. The smallest absolute Gasteiger partial charge is 0.411 e. The molecule has 2 atom stereocenters. The summed E-state index contributed by atoms with van der Waals surface area (Å²) in [5.41, 5.74) is 2.41. The van der Waals surface area contributed by atoms with Crippen LogP contribution in [0.4, 0.5) is 20.6 Å². The van der Waals surface area contributed by atoms with Crippen molar-refractivity contribution >= 4 is 35.0 Å². The van der Waals surface area contributed by atoms with Gasteiger partial charge in [0.2, 0.25) is 5.91 Å². The zero-order valence-electron chi connectivity index (χ0n) is 23.2. The molecule has 2 aromatic heterocycles. The third kappa shape index (κ3) is 6.10. The number of benzene rings is 2. The molecule has 2 N–H and O–H groups in total. The number of pyridine rings is 1. The highest BCUT2D eigenvalue weighted by Gasteiger charge is 2.24. The Kier molecular flexibility index (Phi) is 8.50. The summed E-state index contributed by atoms with van der Waals surface area (Å²) in [4.78, 5) is 42.9. The number of amides is 2. The number of carbonyl (C=O) groups excluding carboxylic acids is 2. The summed E-state index contributed by atoms with van der Waals surface area (Å²) in [7, 11) is 1.26. The van der Waals surface area contributed by atoms with Crippen molar-refractivity contribution in [2.24, 2.45) is 5.92 Å². The number of hydrogen-bond acceptors (Lipinski definition) is 7. The van der Waals surface area contributed by atoms with Gasteiger partial charge in [-0.25, -0.2) is 13.9 Å². The first-order valence-electron chi connectivity index (χ1n) is 13.4. The number of ether oxygens (including phenoxy) is 1. The van der Waals surface area contributed by atoms with E-state index in [2.05, 4.69) is 25.5 Å². The molecule has 1 aliphatic rings. The van der Waals surface area contributed by atoms with Crippen LogP contribution < -0.4 is 16.2 Å². The number of nitriles is 1. The van der Waals surface area contributed by atoms with Gasteiger partial charge in [-0.05, 0) is 54.8 Å². The van der Waals surface area contributed by atoms with E-state index in [4.69, 9.17) is 11.6 Å². The van der Waals surface area contributed by atoms with Crippen molar-refractivity contribution in [3.8, 4) is 28.3 Å². The Morgan fingerprint density at radius 3 is 2.72 bits per heavy atom. The lowest BCUT2D eigenvalue weighted by Gasteiger charge is -2.22. The van der Waals surface area contributed by atoms with Gasteiger partial charge in [-0.2, -0.15) is 10.4 Å². The van der Waals surface area contributed by atoms with Gasteiger partial charge in [0.15, 0.2) is 5.82 Å². The topological polar surface area (TPSA) is 139 Å². The summed E-state index contributed by atoms with van der Waals surface area (Å²) in [5.74, 6) is -1.37. The van der Waals surface area contributed by atoms with E-state index in [9.17, 15) is 24.0 Å². The molecule has 0 aliphatic carbocycles. The van der Waals surface area contributed by atoms with Gasteiger partial charge in [0, 0.05) is 40.6 Å². The van der Waals surface area contributed by atoms with Gasteiger partial charge in [-0.15, -0.1) is 0 Å². The van der Waals surface area contributed by atoms with Crippen molar-refractivity contribution in [1.29, 1.82) is 5.26 Å². The van der Waals surface area contributed by atoms with Crippen LogP contribution in [0.1, 0.15) is 43.5 Å². The van der Waals surface area contributed by atoms with Crippen LogP contribution >= 0.6 is 11.6 Å². The fourth-order valence-corrected chi connectivity index (χ4v) is 5.22. The van der Waals surface area contributed by atoms with Crippen LogP contribution in [0.5, 0.6) is 0 Å². The quantitative estimate of drug-likeness (QED) is 0.287. The lowest BCUT2D eigenvalue weighted by atomic mass is 9.95. The molecule has 0 radical (unpaired) electrons. The Morgan fingerprint density at radius 2 is 1.98 bits per heavy atom. The van der Waals surface area contributed by atoms with Gasteiger partial charge in [-0.3, -0.25) is 19.9 Å². The highest BCUT2D eigenvalue weighted by Crippen LogP contribution is 2.35. The summed E-state index contributed by atoms with van der Waals surface area (Å²) in [5, 5.41) is 19.3. The third-order valence-electron chi connectivity index (χ3n) is 7.33. The van der Waals surface area contributed by atoms with Gasteiger partial charge in [0.1, 0.15) is 0 Å². The molecular weight excluding hydrogens is 575 g/mol. The average Bonchev–Trinajstić information content (AvgIpc) is 3.00. The van der Waals surface area contributed by atoms with Crippen LogP contribution in [-0.4, -0.2) is 33.9 Å². The number of aromatic nitrogens is 3. The Labute approximate surface area is 251 Å². The molecule has 10 nitrogen and oxygen atoms in total. The predicted molar refractivity (Wildman–Crippen MR) is 159 cm³/mol. The second-order valence-electron chi connectivity index (χ2n) is 10.1. The van der Waals surface area contributed by atoms with Crippen molar-refractivity contribution in [2.75, 3.05) is 17.7 Å². The molecule has 5 rings (SSSR count). The van der Waals surface area contributed by atoms with Gasteiger partial charge in [0.05, 0.1) is 47.4 Å². The van der Waals surface area contributed by atoms with Crippen LogP contribution in [0.15, 0.2) is 65.7 Å². The number of nitrogens with one attached hydrogen (secondary N) is 2. The van der Waals surface area contributed by atoms with Crippen LogP contribution in [0, 0.1) is 23.1 Å². The maximum absolute atomic E-state index is 14.9. The van der Waals surface area contributed by atoms with Crippen molar-refractivity contribution in [2.45, 2.75) is 32.2 Å². The number of anilines is 2. The molecule has 12 heteroatoms. The largest absolute Gasteiger partial charge is 0.453 e. The summed E-state index contributed by atoms with van der Waals surface area (Å²) >= 11 is 5.96. The van der Waals surface area contributed by atoms with Gasteiger partial charge in [-0.1, -0.05) is 31.0 Å². The number of rotatable bonds is 3. The van der Waals surface area contributed by atoms with Crippen LogP contribution in [-0.2, 0) is 9.53 Å². The SMILES string of the molecule is COC(=O)Nc1ccc2c(c1)NC(=O)[C@H](C)CCC[C@H](n1ncc(-c3c(C#N)ccc(Cl)c3F)cc1=O)c1cc-2ccn1. The van der Waals surface area contributed by atoms with E-state index in [1.807, 2.05) is 19.1 Å². The van der Waals surface area contributed by atoms with Crippen LogP contribution in [0.3, 0.4) is 0 Å². The van der Waals surface area contributed by atoms with Gasteiger partial charge in [0.25, 0.3) is 5.56 Å². The van der Waals surface area contributed by atoms with Crippen molar-refractivity contribution < 1.29 is 18.7 Å². The summed E-state index contributed by atoms with van der Waals surface area (Å²) in [6, 6.07) is 13.9. The van der Waals surface area contributed by atoms with Gasteiger partial charge >= 0.3 is 6.09 Å². The fraction of sp³-hybridized carbons (Fsp3) is 0.226. The molecule has 0 spiro atoms. The number of fused-ring (bicyclic) bond motifs is 4. The molecule has 3 heterocycles. The molecule has 2 amide bonds. The first-order valence-corrected chi connectivity index (χ1v) is 13.8. The van der Waals surface area contributed by atoms with E-state index in [0.717, 1.165) is 0 Å². The monoisotopic (exact) mass is 600 g/mol. The minimum Gasteiger partial charge on any atom is -0.453 e. The molecule has 0 fully saturated rings. The number of carbonyl (C=O) groups is 2. The van der Waals surface area contributed by atoms with E-state index in [1.54, 1.807) is 30.5 Å². The summed E-state index contributed by atoms with van der Waals surface area (Å²) in [6.07, 6.45) is 3.83. The highest BCUT2D eigenvalue weighted by atomic mass is 35.5. The second-order valence-corrected chi connectivity index (χ2v) is 10.5. The van der Waals surface area contributed by atoms with E-state index >= 15 is 0 Å². The van der Waals surface area contributed by atoms with Crippen LogP contribution in [0.25, 0.3) is 22.3 Å². The number of nitrogens with zero attached hydrogens (tertiary/aromatic N) is 4. The Balaban J connectivity index is 1.60. The molecule has 0 unspecified atom stereocenters. The maximum atomic E-state index is 14.9. The van der Waals surface area contributed by atoms with E-state index in [-0.39, 0.29) is 33.5 Å². The van der Waals surface area contributed by atoms with Crippen molar-refractivity contribution in [1.82, 2.24) is 14.8 Å². The molecule has 0 saturated carbocycles. The second kappa shape index (κ2) is 12.4. The van der Waals surface area contributed by atoms with E-state index < -0.39 is 23.5 Å². The minimum absolute atomic E-state index is 0.0251. The summed E-state index contributed by atoms with van der Waals surface area (Å²) < 4.78 is 20.9. The standard InChI is InChI=1S/C31H26ClFN6O4/c1-17-4-3-5-26(39-27(40)13-20(16-36-39)28-19(15-34)6-9-23(32)29(28)33)25-12-18(10-11-35-25)22-8-7-21(37-31(42)43-2)14-24(22)38-30(17)41/h6-14,16-17,26H,3-5H2,1-2H3,(H,37,42)(H,38,41)/t17-,26+/m1/s1. The fourth-order valence-electron chi connectivity index (χ4n) is 5.06.